The molecular weight excluding hydrogens is 609 g/mol. The van der Waals surface area contributed by atoms with Gasteiger partial charge in [-0.15, -0.1) is 0 Å². The highest BCUT2D eigenvalue weighted by Crippen LogP contribution is 2.62. The Morgan fingerprint density at radius 1 is 0.864 bits per heavy atom. The fourth-order valence-electron chi connectivity index (χ4n) is 7.68. The van der Waals surface area contributed by atoms with E-state index >= 15 is 0 Å². The maximum Gasteiger partial charge on any atom is 0.435 e. The van der Waals surface area contributed by atoms with Gasteiger partial charge >= 0.3 is 24.1 Å². The van der Waals surface area contributed by atoms with Gasteiger partial charge < -0.3 is 24.6 Å². The van der Waals surface area contributed by atoms with Crippen molar-refractivity contribution in [3.05, 3.63) is 29.3 Å². The van der Waals surface area contributed by atoms with Crippen LogP contribution < -0.4 is 10.1 Å². The second kappa shape index (κ2) is 13.5. The molecule has 252 valence electrons. The zero-order valence-electron chi connectivity index (χ0n) is 24.5. The summed E-state index contributed by atoms with van der Waals surface area (Å²) in [5, 5.41) is 12.0. The average molecular weight is 650 g/mol. The van der Waals surface area contributed by atoms with E-state index in [-0.39, 0.29) is 24.7 Å². The molecule has 0 amide bonds. The van der Waals surface area contributed by atoms with Crippen molar-refractivity contribution in [3.63, 3.8) is 0 Å². The van der Waals surface area contributed by atoms with Crippen LogP contribution in [0.25, 0.3) is 0 Å². The Kier molecular flexibility index (Phi) is 10.8. The predicted octanol–water partition coefficient (Wildman–Crippen LogP) is 7.11. The summed E-state index contributed by atoms with van der Waals surface area (Å²) in [5.74, 6) is 1.87. The first-order chi connectivity index (χ1) is 20.6. The maximum absolute atomic E-state index is 13.1. The Morgan fingerprint density at radius 3 is 2.23 bits per heavy atom. The number of rotatable bonds is 13. The fourth-order valence-corrected chi connectivity index (χ4v) is 7.68. The maximum atomic E-state index is 13.1. The first-order valence-electron chi connectivity index (χ1n) is 15.1. The van der Waals surface area contributed by atoms with Gasteiger partial charge in [0.05, 0.1) is 12.7 Å². The van der Waals surface area contributed by atoms with Crippen LogP contribution in [0.3, 0.4) is 0 Å². The summed E-state index contributed by atoms with van der Waals surface area (Å²) in [5.41, 5.74) is -3.93. The Morgan fingerprint density at radius 2 is 1.57 bits per heavy atom. The highest BCUT2D eigenvalue weighted by molar-refractivity contribution is 5.40. The molecule has 0 spiro atoms. The van der Waals surface area contributed by atoms with E-state index in [2.05, 4.69) is 29.1 Å². The smallest absolute Gasteiger partial charge is 0.435 e. The number of aliphatic hydroxyl groups is 1. The molecule has 2 saturated carbocycles. The molecule has 4 rings (SSSR count). The normalized spacial score (nSPS) is 27.5. The van der Waals surface area contributed by atoms with Crippen LogP contribution in [0.15, 0.2) is 18.2 Å². The molecule has 0 heterocycles. The van der Waals surface area contributed by atoms with Crippen molar-refractivity contribution in [1.29, 1.82) is 0 Å². The Bertz CT molecular complexity index is 1060. The number of nitrogens with one attached hydrogen (secondary N) is 1. The van der Waals surface area contributed by atoms with Gasteiger partial charge in [0.1, 0.15) is 12.4 Å². The minimum Gasteiger partial charge on any atom is -0.492 e. The number of aliphatic hydroxyl groups excluding tert-OH is 1. The lowest BCUT2D eigenvalue weighted by Gasteiger charge is -2.50. The summed E-state index contributed by atoms with van der Waals surface area (Å²) in [6.07, 6.45) is -15.3. The van der Waals surface area contributed by atoms with Gasteiger partial charge in [0.25, 0.3) is 0 Å². The lowest BCUT2D eigenvalue weighted by Crippen LogP contribution is -2.67. The molecule has 0 radical (unpaired) electrons. The van der Waals surface area contributed by atoms with E-state index in [0.29, 0.717) is 43.7 Å². The predicted molar refractivity (Wildman–Crippen MR) is 142 cm³/mol. The van der Waals surface area contributed by atoms with E-state index in [1.807, 2.05) is 6.07 Å². The van der Waals surface area contributed by atoms with Gasteiger partial charge in [-0.1, -0.05) is 13.0 Å². The molecule has 2 N–H and O–H groups in total. The van der Waals surface area contributed by atoms with Crippen LogP contribution in [0.5, 0.6) is 5.75 Å². The summed E-state index contributed by atoms with van der Waals surface area (Å²) < 4.78 is 133. The Balaban J connectivity index is 1.31. The number of halogens is 9. The molecule has 0 unspecified atom stereocenters. The van der Waals surface area contributed by atoms with Crippen molar-refractivity contribution in [2.75, 3.05) is 39.5 Å². The van der Waals surface area contributed by atoms with Gasteiger partial charge in [0, 0.05) is 19.8 Å². The van der Waals surface area contributed by atoms with Crippen molar-refractivity contribution in [2.24, 2.45) is 17.3 Å². The van der Waals surface area contributed by atoms with Crippen LogP contribution in [-0.4, -0.2) is 74.9 Å². The zero-order valence-corrected chi connectivity index (χ0v) is 24.5. The van der Waals surface area contributed by atoms with Gasteiger partial charge in [0.2, 0.25) is 0 Å². The third-order valence-corrected chi connectivity index (χ3v) is 9.79. The lowest BCUT2D eigenvalue weighted by molar-refractivity contribution is -0.457. The summed E-state index contributed by atoms with van der Waals surface area (Å²) in [6.45, 7) is 2.42. The molecule has 1 aromatic carbocycles. The Hall–Kier alpha value is -1.77. The van der Waals surface area contributed by atoms with E-state index in [4.69, 9.17) is 14.6 Å². The highest BCUT2D eigenvalue weighted by atomic mass is 19.4. The molecule has 0 aromatic heterocycles. The summed E-state index contributed by atoms with van der Waals surface area (Å²) >= 11 is 0. The van der Waals surface area contributed by atoms with Crippen LogP contribution >= 0.6 is 0 Å². The number of hydrogen-bond donors (Lipinski definition) is 2. The van der Waals surface area contributed by atoms with Gasteiger partial charge in [-0.05, 0) is 104 Å². The largest absolute Gasteiger partial charge is 0.492 e. The van der Waals surface area contributed by atoms with E-state index < -0.39 is 37.2 Å². The second-order valence-electron chi connectivity index (χ2n) is 12.3. The molecule has 2 fully saturated rings. The zero-order chi connectivity index (χ0) is 32.4. The molecular formula is C30H40F9NO4. The molecule has 14 heteroatoms. The average Bonchev–Trinajstić information content (AvgIpc) is 3.26. The number of hydrogen-bond acceptors (Lipinski definition) is 5. The van der Waals surface area contributed by atoms with Crippen molar-refractivity contribution in [2.45, 2.75) is 94.4 Å². The van der Waals surface area contributed by atoms with E-state index in [1.54, 1.807) is 0 Å². The van der Waals surface area contributed by atoms with E-state index in [9.17, 15) is 39.5 Å². The highest BCUT2D eigenvalue weighted by Gasteiger charge is 2.85. The number of alkyl halides is 9. The molecule has 5 nitrogen and oxygen atoms in total. The van der Waals surface area contributed by atoms with Crippen LogP contribution in [0.1, 0.15) is 68.9 Å². The molecule has 5 atom stereocenters. The quantitative estimate of drug-likeness (QED) is 0.176. The molecule has 44 heavy (non-hydrogen) atoms. The van der Waals surface area contributed by atoms with Gasteiger partial charge in [0.15, 0.2) is 0 Å². The topological polar surface area (TPSA) is 60.0 Å². The standard InChI is InChI=1S/C30H40F9NO4/c1-26-11-10-22-21-7-5-20(42-17-13-40-12-2-14-41)18-19(21)4-6-23(22)24(26)8-9-25(26)43-15-3-16-44-27(28(31,32)33,29(34,35)36)30(37,38)39/h5,7,18,22-25,40-41H,2-4,6,8-17H2,1H3/t22-,23-,24+,25+,26+/m1/s1. The number of fused-ring (bicyclic) bond motifs is 5. The minimum atomic E-state index is -6.74. The van der Waals surface area contributed by atoms with Crippen LogP contribution in [-0.2, 0) is 15.9 Å². The number of ether oxygens (including phenoxy) is 3. The molecule has 1 aromatic rings. The lowest BCUT2D eigenvalue weighted by atomic mass is 9.55. The minimum absolute atomic E-state index is 0.140. The van der Waals surface area contributed by atoms with Crippen molar-refractivity contribution < 1.29 is 58.8 Å². The number of benzene rings is 1. The van der Waals surface area contributed by atoms with Gasteiger partial charge in [-0.25, -0.2) is 0 Å². The SMILES string of the molecule is C[C@]12CC[C@@H]3c4ccc(OCCNCCCO)cc4CC[C@H]3[C@@H]1CC[C@@H]2OCCCOC(C(F)(F)F)(C(F)(F)F)C(F)(F)F. The molecule has 0 bridgehead atoms. The number of aryl methyl sites for hydroxylation is 1. The summed E-state index contributed by atoms with van der Waals surface area (Å²) in [6, 6.07) is 6.21. The fraction of sp³-hybridized carbons (Fsp3) is 0.800. The Labute approximate surface area is 250 Å². The van der Waals surface area contributed by atoms with Gasteiger partial charge in [-0.3, -0.25) is 0 Å². The summed E-state index contributed by atoms with van der Waals surface area (Å²) in [4.78, 5) is 0. The van der Waals surface area contributed by atoms with Crippen molar-refractivity contribution in [1.82, 2.24) is 5.32 Å². The van der Waals surface area contributed by atoms with Gasteiger partial charge in [-0.2, -0.15) is 39.5 Å². The monoisotopic (exact) mass is 649 g/mol. The van der Waals surface area contributed by atoms with Crippen molar-refractivity contribution >= 4 is 0 Å². The van der Waals surface area contributed by atoms with Crippen LogP contribution in [0.2, 0.25) is 0 Å². The van der Waals surface area contributed by atoms with Crippen molar-refractivity contribution in [3.8, 4) is 5.75 Å². The third kappa shape index (κ3) is 6.83. The first-order valence-corrected chi connectivity index (χ1v) is 15.1. The van der Waals surface area contributed by atoms with E-state index in [0.717, 1.165) is 44.4 Å². The molecule has 3 aliphatic rings. The van der Waals surface area contributed by atoms with Crippen LogP contribution in [0.4, 0.5) is 39.5 Å². The summed E-state index contributed by atoms with van der Waals surface area (Å²) in [7, 11) is 0. The molecule has 3 aliphatic carbocycles. The van der Waals surface area contributed by atoms with Crippen LogP contribution in [0, 0.1) is 17.3 Å². The molecule has 0 aliphatic heterocycles. The van der Waals surface area contributed by atoms with E-state index in [1.165, 1.54) is 11.1 Å². The molecule has 0 saturated heterocycles. The second-order valence-corrected chi connectivity index (χ2v) is 12.3. The first kappa shape index (κ1) is 35.1. The third-order valence-electron chi connectivity index (χ3n) is 9.79.